The van der Waals surface area contributed by atoms with E-state index in [-0.39, 0.29) is 17.7 Å². The van der Waals surface area contributed by atoms with Gasteiger partial charge in [0.25, 0.3) is 0 Å². The van der Waals surface area contributed by atoms with Gasteiger partial charge in [-0.15, -0.1) is 12.4 Å². The lowest BCUT2D eigenvalue weighted by molar-refractivity contribution is 0.0975. The second kappa shape index (κ2) is 6.89. The lowest BCUT2D eigenvalue weighted by Crippen LogP contribution is -2.43. The first-order valence-electron chi connectivity index (χ1n) is 5.99. The molecule has 0 aliphatic carbocycles. The summed E-state index contributed by atoms with van der Waals surface area (Å²) in [6, 6.07) is 0. The molecule has 2 fully saturated rings. The van der Waals surface area contributed by atoms with E-state index in [2.05, 4.69) is 5.32 Å². The smallest absolute Gasteiger partial charge is 0.219 e. The molecule has 0 saturated carbocycles. The molecule has 2 aliphatic rings. The van der Waals surface area contributed by atoms with Crippen LogP contribution in [-0.2, 0) is 14.8 Å². The molecular formula is C10H21ClN2O3S. The second-order valence-corrected chi connectivity index (χ2v) is 6.60. The minimum absolute atomic E-state index is 0. The number of nitrogens with one attached hydrogen (secondary N) is 1. The predicted octanol–water partition coefficient (Wildman–Crippen LogP) is 0.212. The number of rotatable bonds is 2. The number of ether oxygens (including phenoxy) is 1. The average molecular weight is 285 g/mol. The molecule has 5 nitrogen and oxygen atoms in total. The quantitative estimate of drug-likeness (QED) is 0.788. The Labute approximate surface area is 109 Å². The average Bonchev–Trinajstić information content (AvgIpc) is 2.59. The van der Waals surface area contributed by atoms with E-state index >= 15 is 0 Å². The number of hydrogen-bond acceptors (Lipinski definition) is 4. The van der Waals surface area contributed by atoms with Crippen LogP contribution in [0.3, 0.4) is 0 Å². The van der Waals surface area contributed by atoms with Gasteiger partial charge >= 0.3 is 0 Å². The van der Waals surface area contributed by atoms with Crippen LogP contribution in [0, 0.1) is 0 Å². The second-order valence-electron chi connectivity index (χ2n) is 4.39. The van der Waals surface area contributed by atoms with E-state index < -0.39 is 10.0 Å². The summed E-state index contributed by atoms with van der Waals surface area (Å²) in [4.78, 5) is 0. The van der Waals surface area contributed by atoms with Crippen molar-refractivity contribution in [2.45, 2.75) is 24.5 Å². The van der Waals surface area contributed by atoms with Crippen molar-refractivity contribution in [1.82, 2.24) is 9.62 Å². The monoisotopic (exact) mass is 284 g/mol. The van der Waals surface area contributed by atoms with E-state index in [1.807, 2.05) is 0 Å². The molecule has 1 atom stereocenters. The highest BCUT2D eigenvalue weighted by Gasteiger charge is 2.33. The largest absolute Gasteiger partial charge is 0.380 e. The van der Waals surface area contributed by atoms with Crippen molar-refractivity contribution in [3.05, 3.63) is 0 Å². The first kappa shape index (κ1) is 15.2. The summed E-state index contributed by atoms with van der Waals surface area (Å²) in [5.41, 5.74) is 0. The van der Waals surface area contributed by atoms with Crippen molar-refractivity contribution in [2.75, 3.05) is 39.4 Å². The number of nitrogens with zero attached hydrogens (tertiary/aromatic N) is 1. The highest BCUT2D eigenvalue weighted by molar-refractivity contribution is 7.89. The molecule has 2 rings (SSSR count). The van der Waals surface area contributed by atoms with E-state index in [1.54, 1.807) is 4.31 Å². The van der Waals surface area contributed by atoms with Crippen LogP contribution >= 0.6 is 12.4 Å². The zero-order valence-corrected chi connectivity index (χ0v) is 11.6. The van der Waals surface area contributed by atoms with Crippen LogP contribution in [0.15, 0.2) is 0 Å². The van der Waals surface area contributed by atoms with E-state index in [9.17, 15) is 8.42 Å². The van der Waals surface area contributed by atoms with Crippen molar-refractivity contribution in [2.24, 2.45) is 0 Å². The first-order valence-corrected chi connectivity index (χ1v) is 7.49. The molecule has 0 aromatic heterocycles. The maximum atomic E-state index is 12.3. The summed E-state index contributed by atoms with van der Waals surface area (Å²) >= 11 is 0. The molecule has 102 valence electrons. The number of halogens is 1. The highest BCUT2D eigenvalue weighted by atomic mass is 35.5. The molecule has 7 heteroatoms. The molecule has 17 heavy (non-hydrogen) atoms. The van der Waals surface area contributed by atoms with E-state index in [0.29, 0.717) is 26.3 Å². The predicted molar refractivity (Wildman–Crippen MR) is 69.1 cm³/mol. The molecule has 0 spiro atoms. The topological polar surface area (TPSA) is 58.6 Å². The summed E-state index contributed by atoms with van der Waals surface area (Å²) in [6.45, 7) is 3.98. The van der Waals surface area contributed by atoms with Gasteiger partial charge in [-0.05, 0) is 25.8 Å². The summed E-state index contributed by atoms with van der Waals surface area (Å²) in [5, 5.41) is 2.89. The first-order chi connectivity index (χ1) is 7.71. The molecule has 1 N–H and O–H groups in total. The Kier molecular flexibility index (Phi) is 6.16. The van der Waals surface area contributed by atoms with E-state index in [0.717, 1.165) is 32.4 Å². The van der Waals surface area contributed by atoms with Gasteiger partial charge in [-0.3, -0.25) is 0 Å². The van der Waals surface area contributed by atoms with Crippen LogP contribution in [0.25, 0.3) is 0 Å². The van der Waals surface area contributed by atoms with Crippen LogP contribution < -0.4 is 5.32 Å². The van der Waals surface area contributed by atoms with Gasteiger partial charge < -0.3 is 10.1 Å². The Balaban J connectivity index is 0.00000144. The molecule has 2 saturated heterocycles. The van der Waals surface area contributed by atoms with Gasteiger partial charge in [0, 0.05) is 26.2 Å². The van der Waals surface area contributed by atoms with Crippen LogP contribution in [0.2, 0.25) is 0 Å². The summed E-state index contributed by atoms with van der Waals surface area (Å²) in [6.07, 6.45) is 2.50. The van der Waals surface area contributed by atoms with Crippen molar-refractivity contribution < 1.29 is 13.2 Å². The molecule has 1 unspecified atom stereocenters. The third-order valence-corrected chi connectivity index (χ3v) is 5.50. The molecule has 2 aliphatic heterocycles. The summed E-state index contributed by atoms with van der Waals surface area (Å²) in [5.74, 6) is 0. The van der Waals surface area contributed by atoms with Crippen LogP contribution in [0.4, 0.5) is 0 Å². The van der Waals surface area contributed by atoms with Crippen LogP contribution in [-0.4, -0.2) is 57.4 Å². The summed E-state index contributed by atoms with van der Waals surface area (Å²) in [7, 11) is -3.14. The molecule has 0 amide bonds. The van der Waals surface area contributed by atoms with Crippen molar-refractivity contribution in [3.8, 4) is 0 Å². The lowest BCUT2D eigenvalue weighted by Gasteiger charge is -2.28. The van der Waals surface area contributed by atoms with Gasteiger partial charge in [0.15, 0.2) is 0 Å². The van der Waals surface area contributed by atoms with E-state index in [4.69, 9.17) is 4.74 Å². The maximum Gasteiger partial charge on any atom is 0.219 e. The van der Waals surface area contributed by atoms with E-state index in [1.165, 1.54) is 0 Å². The Bertz CT molecular complexity index is 310. The third-order valence-electron chi connectivity index (χ3n) is 3.20. The van der Waals surface area contributed by atoms with Crippen molar-refractivity contribution >= 4 is 22.4 Å². The number of sulfonamides is 1. The van der Waals surface area contributed by atoms with Crippen LogP contribution in [0.1, 0.15) is 19.3 Å². The molecule has 0 aromatic rings. The Hall–Kier alpha value is 0.120. The fraction of sp³-hybridized carbons (Fsp3) is 1.00. The van der Waals surface area contributed by atoms with Gasteiger partial charge in [0.05, 0.1) is 11.9 Å². The third kappa shape index (κ3) is 3.79. The minimum atomic E-state index is -3.14. The minimum Gasteiger partial charge on any atom is -0.380 e. The van der Waals surface area contributed by atoms with Crippen molar-refractivity contribution in [1.29, 1.82) is 0 Å². The Morgan fingerprint density at radius 3 is 2.71 bits per heavy atom. The molecule has 2 heterocycles. The van der Waals surface area contributed by atoms with Gasteiger partial charge in [-0.2, -0.15) is 0 Å². The highest BCUT2D eigenvalue weighted by Crippen LogP contribution is 2.19. The Morgan fingerprint density at radius 1 is 1.18 bits per heavy atom. The van der Waals surface area contributed by atoms with Crippen LogP contribution in [0.5, 0.6) is 0 Å². The fourth-order valence-electron chi connectivity index (χ4n) is 2.23. The number of hydrogen-bond donors (Lipinski definition) is 1. The standard InChI is InChI=1S/C10H20N2O3S.ClH/c13-16(14,10-3-1-8-15-9-10)12-6-2-4-11-5-7-12;/h10-11H,1-9H2;1H. The van der Waals surface area contributed by atoms with Gasteiger partial charge in [0.2, 0.25) is 10.0 Å². The van der Waals surface area contributed by atoms with Gasteiger partial charge in [-0.1, -0.05) is 0 Å². The fourth-order valence-corrected chi connectivity index (χ4v) is 4.12. The molecule has 0 radical (unpaired) electrons. The molecule has 0 aromatic carbocycles. The lowest BCUT2D eigenvalue weighted by atomic mass is 10.2. The van der Waals surface area contributed by atoms with Gasteiger partial charge in [0.1, 0.15) is 0 Å². The molecule has 0 bridgehead atoms. The zero-order chi connectivity index (χ0) is 11.4. The SMILES string of the molecule is Cl.O=S(=O)(C1CCCOC1)N1CCCNCC1. The normalized spacial score (nSPS) is 28.1. The summed E-state index contributed by atoms with van der Waals surface area (Å²) < 4.78 is 31.5. The zero-order valence-electron chi connectivity index (χ0n) is 9.93. The van der Waals surface area contributed by atoms with Crippen molar-refractivity contribution in [3.63, 3.8) is 0 Å². The Morgan fingerprint density at radius 2 is 2.00 bits per heavy atom. The maximum absolute atomic E-state index is 12.3. The van der Waals surface area contributed by atoms with Gasteiger partial charge in [-0.25, -0.2) is 12.7 Å². The molecular weight excluding hydrogens is 264 g/mol.